The van der Waals surface area contributed by atoms with Crippen molar-refractivity contribution in [1.29, 1.82) is 0 Å². The van der Waals surface area contributed by atoms with Crippen LogP contribution in [0.25, 0.3) is 0 Å². The van der Waals surface area contributed by atoms with Crippen molar-refractivity contribution in [3.63, 3.8) is 0 Å². The molecule has 0 aliphatic rings. The summed E-state index contributed by atoms with van der Waals surface area (Å²) in [4.78, 5) is 10.6. The molecule has 3 nitrogen and oxygen atoms in total. The Balaban J connectivity index is 2.29. The van der Waals surface area contributed by atoms with E-state index in [1.54, 1.807) is 13.1 Å². The molecule has 0 saturated carbocycles. The summed E-state index contributed by atoms with van der Waals surface area (Å²) < 4.78 is 0. The minimum atomic E-state index is 0.152. The van der Waals surface area contributed by atoms with Crippen LogP contribution in [0, 0.1) is 0 Å². The second-order valence-electron chi connectivity index (χ2n) is 2.31. The topological polar surface area (TPSA) is 42.9 Å². The Bertz CT molecular complexity index is 250. The summed E-state index contributed by atoms with van der Waals surface area (Å²) in [5, 5.41) is 7.79. The largest absolute Gasteiger partial charge is 0.288 e. The average Bonchev–Trinajstić information content (AvgIpc) is 2.05. The molecular formula is C8H10N2OS. The molecule has 0 atom stereocenters. The van der Waals surface area contributed by atoms with Gasteiger partial charge >= 0.3 is 0 Å². The van der Waals surface area contributed by atoms with Crippen molar-refractivity contribution in [3.05, 3.63) is 24.0 Å². The van der Waals surface area contributed by atoms with Gasteiger partial charge < -0.3 is 0 Å². The van der Waals surface area contributed by atoms with Crippen molar-refractivity contribution in [2.45, 2.75) is 13.3 Å². The number of thioether (sulfide) groups is 1. The second kappa shape index (κ2) is 4.87. The fourth-order valence-corrected chi connectivity index (χ4v) is 1.36. The predicted octanol–water partition coefficient (Wildman–Crippen LogP) is 1.30. The minimum Gasteiger partial charge on any atom is -0.288 e. The molecule has 0 bridgehead atoms. The fourth-order valence-electron chi connectivity index (χ4n) is 0.766. The molecule has 0 radical (unpaired) electrons. The van der Waals surface area contributed by atoms with E-state index in [0.29, 0.717) is 0 Å². The van der Waals surface area contributed by atoms with Crippen LogP contribution < -0.4 is 0 Å². The van der Waals surface area contributed by atoms with Crippen LogP contribution in [0.5, 0.6) is 0 Å². The Kier molecular flexibility index (Phi) is 3.73. The van der Waals surface area contributed by atoms with E-state index in [-0.39, 0.29) is 5.12 Å². The fraction of sp³-hybridized carbons (Fsp3) is 0.375. The van der Waals surface area contributed by atoms with Crippen molar-refractivity contribution >= 4 is 16.9 Å². The zero-order valence-electron chi connectivity index (χ0n) is 6.86. The molecule has 0 aromatic carbocycles. The maximum absolute atomic E-state index is 10.6. The van der Waals surface area contributed by atoms with Crippen molar-refractivity contribution < 1.29 is 4.79 Å². The Morgan fingerprint density at radius 2 is 2.50 bits per heavy atom. The molecule has 64 valence electrons. The molecule has 0 aliphatic heterocycles. The van der Waals surface area contributed by atoms with Crippen LogP contribution in [0.3, 0.4) is 0 Å². The highest BCUT2D eigenvalue weighted by Crippen LogP contribution is 2.04. The van der Waals surface area contributed by atoms with Crippen LogP contribution in [-0.4, -0.2) is 21.1 Å². The molecule has 4 heteroatoms. The third kappa shape index (κ3) is 3.48. The van der Waals surface area contributed by atoms with Crippen LogP contribution in [-0.2, 0) is 11.2 Å². The minimum absolute atomic E-state index is 0.152. The zero-order valence-corrected chi connectivity index (χ0v) is 7.67. The van der Waals surface area contributed by atoms with Crippen LogP contribution >= 0.6 is 11.8 Å². The number of aryl methyl sites for hydroxylation is 1. The molecule has 0 saturated heterocycles. The number of carbonyl (C=O) groups excluding carboxylic acids is 1. The summed E-state index contributed by atoms with van der Waals surface area (Å²) in [7, 11) is 0. The lowest BCUT2D eigenvalue weighted by Crippen LogP contribution is -1.95. The van der Waals surface area contributed by atoms with Gasteiger partial charge in [0, 0.05) is 25.3 Å². The van der Waals surface area contributed by atoms with Gasteiger partial charge in [0.1, 0.15) is 0 Å². The van der Waals surface area contributed by atoms with Crippen molar-refractivity contribution in [3.8, 4) is 0 Å². The number of rotatable bonds is 3. The molecule has 0 aliphatic carbocycles. The first-order chi connectivity index (χ1) is 5.79. The van der Waals surface area contributed by atoms with Gasteiger partial charge in [-0.15, -0.1) is 0 Å². The molecular weight excluding hydrogens is 172 g/mol. The Morgan fingerprint density at radius 3 is 3.08 bits per heavy atom. The average molecular weight is 182 g/mol. The highest BCUT2D eigenvalue weighted by atomic mass is 32.2. The van der Waals surface area contributed by atoms with Crippen LogP contribution in [0.4, 0.5) is 0 Å². The summed E-state index contributed by atoms with van der Waals surface area (Å²) >= 11 is 1.32. The molecule has 1 heterocycles. The van der Waals surface area contributed by atoms with Gasteiger partial charge in [-0.1, -0.05) is 11.8 Å². The second-order valence-corrected chi connectivity index (χ2v) is 3.58. The van der Waals surface area contributed by atoms with E-state index < -0.39 is 0 Å². The highest BCUT2D eigenvalue weighted by Gasteiger charge is 1.96. The number of hydrogen-bond acceptors (Lipinski definition) is 4. The van der Waals surface area contributed by atoms with E-state index in [0.717, 1.165) is 17.9 Å². The predicted molar refractivity (Wildman–Crippen MR) is 48.9 cm³/mol. The normalized spacial score (nSPS) is 9.75. The van der Waals surface area contributed by atoms with Gasteiger partial charge in [0.25, 0.3) is 0 Å². The van der Waals surface area contributed by atoms with Gasteiger partial charge in [-0.05, 0) is 12.1 Å². The number of carbonyl (C=O) groups is 1. The lowest BCUT2D eigenvalue weighted by molar-refractivity contribution is -0.109. The third-order valence-corrected chi connectivity index (χ3v) is 2.11. The number of hydrogen-bond donors (Lipinski definition) is 0. The SMILES string of the molecule is CC(=O)SCCc1cccnn1. The Hall–Kier alpha value is -0.900. The van der Waals surface area contributed by atoms with Crippen molar-refractivity contribution in [2.24, 2.45) is 0 Å². The maximum atomic E-state index is 10.6. The molecule has 12 heavy (non-hydrogen) atoms. The smallest absolute Gasteiger partial charge is 0.185 e. The maximum Gasteiger partial charge on any atom is 0.185 e. The lowest BCUT2D eigenvalue weighted by Gasteiger charge is -1.95. The van der Waals surface area contributed by atoms with E-state index in [4.69, 9.17) is 0 Å². The van der Waals surface area contributed by atoms with E-state index in [1.165, 1.54) is 11.8 Å². The van der Waals surface area contributed by atoms with E-state index in [9.17, 15) is 4.79 Å². The molecule has 0 amide bonds. The van der Waals surface area contributed by atoms with E-state index >= 15 is 0 Å². The summed E-state index contributed by atoms with van der Waals surface area (Å²) in [6, 6.07) is 3.76. The van der Waals surface area contributed by atoms with Crippen molar-refractivity contribution in [1.82, 2.24) is 10.2 Å². The molecule has 1 rings (SSSR count). The molecule has 0 spiro atoms. The summed E-state index contributed by atoms with van der Waals surface area (Å²) in [6.45, 7) is 1.57. The summed E-state index contributed by atoms with van der Waals surface area (Å²) in [5.41, 5.74) is 0.936. The molecule has 0 fully saturated rings. The summed E-state index contributed by atoms with van der Waals surface area (Å²) in [5.74, 6) is 0.786. The van der Waals surface area contributed by atoms with Gasteiger partial charge in [0.15, 0.2) is 5.12 Å². The standard InChI is InChI=1S/C8H10N2OS/c1-7(11)12-6-4-8-3-2-5-9-10-8/h2-3,5H,4,6H2,1H3. The number of aromatic nitrogens is 2. The van der Waals surface area contributed by atoms with Crippen LogP contribution in [0.15, 0.2) is 18.3 Å². The van der Waals surface area contributed by atoms with Crippen LogP contribution in [0.1, 0.15) is 12.6 Å². The molecule has 0 N–H and O–H groups in total. The van der Waals surface area contributed by atoms with Gasteiger partial charge in [0.05, 0.1) is 5.69 Å². The molecule has 1 aromatic heterocycles. The first-order valence-electron chi connectivity index (χ1n) is 3.69. The lowest BCUT2D eigenvalue weighted by atomic mass is 10.3. The highest BCUT2D eigenvalue weighted by molar-refractivity contribution is 8.13. The van der Waals surface area contributed by atoms with E-state index in [2.05, 4.69) is 10.2 Å². The third-order valence-electron chi connectivity index (χ3n) is 1.29. The van der Waals surface area contributed by atoms with Crippen LogP contribution in [0.2, 0.25) is 0 Å². The zero-order chi connectivity index (χ0) is 8.81. The number of nitrogens with zero attached hydrogens (tertiary/aromatic N) is 2. The summed E-state index contributed by atoms with van der Waals surface area (Å²) in [6.07, 6.45) is 2.44. The Morgan fingerprint density at radius 1 is 1.67 bits per heavy atom. The van der Waals surface area contributed by atoms with Gasteiger partial charge in [0.2, 0.25) is 0 Å². The first kappa shape index (κ1) is 9.19. The monoisotopic (exact) mass is 182 g/mol. The van der Waals surface area contributed by atoms with Gasteiger partial charge in [-0.3, -0.25) is 4.79 Å². The quantitative estimate of drug-likeness (QED) is 0.706. The van der Waals surface area contributed by atoms with Crippen molar-refractivity contribution in [2.75, 3.05) is 5.75 Å². The molecule has 0 unspecified atom stereocenters. The Labute approximate surface area is 75.6 Å². The first-order valence-corrected chi connectivity index (χ1v) is 4.67. The van der Waals surface area contributed by atoms with Gasteiger partial charge in [-0.25, -0.2) is 0 Å². The van der Waals surface area contributed by atoms with Gasteiger partial charge in [-0.2, -0.15) is 10.2 Å². The van der Waals surface area contributed by atoms with E-state index in [1.807, 2.05) is 12.1 Å². The molecule has 1 aromatic rings.